The fraction of sp³-hybridized carbons (Fsp3) is 0.457. The van der Waals surface area contributed by atoms with Crippen molar-refractivity contribution >= 4 is 39.8 Å². The maximum absolute atomic E-state index is 17.2. The molecule has 11 nitrogen and oxygen atoms in total. The summed E-state index contributed by atoms with van der Waals surface area (Å²) >= 11 is 0. The second-order valence-electron chi connectivity index (χ2n) is 12.5. The molecule has 0 radical (unpaired) electrons. The van der Waals surface area contributed by atoms with Gasteiger partial charge in [0, 0.05) is 62.0 Å². The third-order valence-electron chi connectivity index (χ3n) is 9.45. The summed E-state index contributed by atoms with van der Waals surface area (Å²) in [6, 6.07) is 8.20. The highest BCUT2D eigenvalue weighted by Gasteiger charge is 2.47. The molecule has 244 valence electrons. The molecular weight excluding hydrogens is 605 g/mol. The van der Waals surface area contributed by atoms with Gasteiger partial charge in [0.25, 0.3) is 0 Å². The first-order valence-electron chi connectivity index (χ1n) is 16.1. The number of pyridine rings is 1. The molecule has 0 aliphatic carbocycles. The summed E-state index contributed by atoms with van der Waals surface area (Å²) in [5.41, 5.74) is 0.548. The van der Waals surface area contributed by atoms with Crippen molar-refractivity contribution in [2.24, 2.45) is 5.92 Å². The standard InChI is InChI=1S/C35H36FN5O6/c1-3-8-22-15-25-33(37-17-22)46-23-16-26(34(43)44)41(19-23)32-31-30(24-9-4-5-10-27(24)47-31)38-28(39-32)11-6-7-14-45-20-29(42)40-13-12-35(25,36)21(2)18-40/h4-5,9-10,15,17,21,23,26H,6-7,11-14,16,18-20H2,1-2H3,(H,43,44)/t21-,23-,26-,35+/m0/s1. The number of nitrogens with zero attached hydrogens (tertiary/aromatic N) is 5. The number of aromatic nitrogens is 3. The zero-order valence-corrected chi connectivity index (χ0v) is 26.4. The molecule has 4 aliphatic rings. The lowest BCUT2D eigenvalue weighted by atomic mass is 9.78. The number of hydrogen-bond donors (Lipinski definition) is 1. The highest BCUT2D eigenvalue weighted by atomic mass is 19.1. The number of rotatable bonds is 1. The lowest BCUT2D eigenvalue weighted by molar-refractivity contribution is -0.141. The monoisotopic (exact) mass is 641 g/mol. The lowest BCUT2D eigenvalue weighted by Gasteiger charge is -2.42. The molecule has 2 saturated heterocycles. The SMILES string of the molecule is CC#Cc1cnc2c(c1)[C@@]1(F)CCN(C[C@@H]1C)C(=O)COCCCCc1nc(c3oc4ccccc4c3n1)N1C[C@H](C[C@H]1C(=O)O)O2. The highest BCUT2D eigenvalue weighted by molar-refractivity contribution is 6.06. The van der Waals surface area contributed by atoms with Crippen molar-refractivity contribution in [2.75, 3.05) is 37.7 Å². The van der Waals surface area contributed by atoms with E-state index < -0.39 is 29.7 Å². The molecule has 1 amide bonds. The van der Waals surface area contributed by atoms with Crippen LogP contribution in [0.5, 0.6) is 5.88 Å². The fourth-order valence-corrected chi connectivity index (χ4v) is 6.97. The minimum atomic E-state index is -1.86. The molecule has 1 aromatic carbocycles. The smallest absolute Gasteiger partial charge is 0.326 e. The number of aryl methyl sites for hydroxylation is 1. The Hall–Kier alpha value is -4.76. The van der Waals surface area contributed by atoms with Crippen molar-refractivity contribution in [3.63, 3.8) is 0 Å². The lowest BCUT2D eigenvalue weighted by Crippen LogP contribution is -2.50. The zero-order chi connectivity index (χ0) is 32.7. The van der Waals surface area contributed by atoms with Gasteiger partial charge in [-0.05, 0) is 38.0 Å². The first kappa shape index (κ1) is 30.9. The number of hydrogen-bond acceptors (Lipinski definition) is 9. The number of fused-ring (bicyclic) bond motifs is 11. The number of ether oxygens (including phenoxy) is 2. The summed E-state index contributed by atoms with van der Waals surface area (Å²) in [6.45, 7) is 4.34. The van der Waals surface area contributed by atoms with Crippen LogP contribution in [0.2, 0.25) is 0 Å². The molecule has 0 saturated carbocycles. The fourth-order valence-electron chi connectivity index (χ4n) is 6.97. The molecule has 4 aromatic rings. The average Bonchev–Trinajstić information content (AvgIpc) is 3.66. The molecule has 8 rings (SSSR count). The molecular formula is C35H36FN5O6. The largest absolute Gasteiger partial charge is 0.480 e. The molecule has 4 aliphatic heterocycles. The van der Waals surface area contributed by atoms with E-state index in [1.54, 1.807) is 29.7 Å². The summed E-state index contributed by atoms with van der Waals surface area (Å²) in [5.74, 6) is 5.02. The molecule has 4 atom stereocenters. The molecule has 47 heavy (non-hydrogen) atoms. The molecule has 12 heteroatoms. The van der Waals surface area contributed by atoms with Gasteiger partial charge in [0.05, 0.1) is 12.1 Å². The van der Waals surface area contributed by atoms with E-state index in [1.165, 1.54) is 6.20 Å². The molecule has 7 heterocycles. The van der Waals surface area contributed by atoms with Crippen molar-refractivity contribution in [1.29, 1.82) is 0 Å². The Bertz CT molecular complexity index is 1920. The number of halogens is 1. The number of aliphatic carboxylic acids is 1. The number of carbonyl (C=O) groups excluding carboxylic acids is 1. The Morgan fingerprint density at radius 1 is 1.19 bits per heavy atom. The van der Waals surface area contributed by atoms with Gasteiger partial charge in [0.15, 0.2) is 11.4 Å². The Kier molecular flexibility index (Phi) is 8.18. The van der Waals surface area contributed by atoms with E-state index in [2.05, 4.69) is 16.8 Å². The van der Waals surface area contributed by atoms with E-state index in [1.807, 2.05) is 24.3 Å². The van der Waals surface area contributed by atoms with Crippen LogP contribution in [0.3, 0.4) is 0 Å². The average molecular weight is 642 g/mol. The van der Waals surface area contributed by atoms with E-state index >= 15 is 4.39 Å². The van der Waals surface area contributed by atoms with Crippen LogP contribution < -0.4 is 9.64 Å². The third-order valence-corrected chi connectivity index (χ3v) is 9.45. The predicted octanol–water partition coefficient (Wildman–Crippen LogP) is 4.64. The van der Waals surface area contributed by atoms with Gasteiger partial charge in [-0.15, -0.1) is 5.92 Å². The van der Waals surface area contributed by atoms with Gasteiger partial charge in [0.1, 0.15) is 41.3 Å². The van der Waals surface area contributed by atoms with Gasteiger partial charge >= 0.3 is 5.97 Å². The Morgan fingerprint density at radius 2 is 2.04 bits per heavy atom. The van der Waals surface area contributed by atoms with Gasteiger partial charge in [-0.1, -0.05) is 25.0 Å². The van der Waals surface area contributed by atoms with Crippen LogP contribution in [0, 0.1) is 17.8 Å². The van der Waals surface area contributed by atoms with Crippen molar-refractivity contribution in [1.82, 2.24) is 19.9 Å². The van der Waals surface area contributed by atoms with Crippen LogP contribution in [0.25, 0.3) is 22.1 Å². The van der Waals surface area contributed by atoms with Crippen molar-refractivity contribution in [3.8, 4) is 17.7 Å². The number of amides is 1. The van der Waals surface area contributed by atoms with Crippen molar-refractivity contribution in [3.05, 3.63) is 53.5 Å². The first-order chi connectivity index (χ1) is 22.7. The number of anilines is 1. The van der Waals surface area contributed by atoms with E-state index in [0.717, 1.165) is 5.39 Å². The number of alkyl halides is 1. The van der Waals surface area contributed by atoms with Gasteiger partial charge in [0.2, 0.25) is 11.8 Å². The van der Waals surface area contributed by atoms with Crippen LogP contribution in [-0.4, -0.2) is 81.8 Å². The van der Waals surface area contributed by atoms with Gasteiger partial charge in [-0.2, -0.15) is 0 Å². The zero-order valence-electron chi connectivity index (χ0n) is 26.4. The number of para-hydroxylation sites is 1. The Balaban J connectivity index is 1.32. The van der Waals surface area contributed by atoms with Crippen LogP contribution in [0.4, 0.5) is 10.2 Å². The Morgan fingerprint density at radius 3 is 2.85 bits per heavy atom. The number of furan rings is 1. The van der Waals surface area contributed by atoms with Gasteiger partial charge in [-0.25, -0.2) is 24.1 Å². The van der Waals surface area contributed by atoms with Crippen LogP contribution in [0.15, 0.2) is 40.9 Å². The number of benzene rings is 1. The number of piperidine rings is 1. The molecule has 6 bridgehead atoms. The summed E-state index contributed by atoms with van der Waals surface area (Å²) < 4.78 is 35.6. The van der Waals surface area contributed by atoms with Gasteiger partial charge < -0.3 is 28.8 Å². The number of carbonyl (C=O) groups is 2. The third kappa shape index (κ3) is 5.73. The van der Waals surface area contributed by atoms with Gasteiger partial charge in [-0.3, -0.25) is 4.79 Å². The molecule has 0 spiro atoms. The summed E-state index contributed by atoms with van der Waals surface area (Å²) in [7, 11) is 0. The van der Waals surface area contributed by atoms with E-state index in [4.69, 9.17) is 23.9 Å². The molecule has 2 fully saturated rings. The van der Waals surface area contributed by atoms with Crippen LogP contribution in [-0.2, 0) is 26.4 Å². The normalized spacial score (nSPS) is 25.3. The maximum Gasteiger partial charge on any atom is 0.326 e. The molecule has 0 unspecified atom stereocenters. The Labute approximate surface area is 271 Å². The highest BCUT2D eigenvalue weighted by Crippen LogP contribution is 2.45. The second-order valence-corrected chi connectivity index (χ2v) is 12.5. The number of carboxylic acid groups (broad SMARTS) is 1. The minimum Gasteiger partial charge on any atom is -0.480 e. The summed E-state index contributed by atoms with van der Waals surface area (Å²) in [5, 5.41) is 11.2. The minimum absolute atomic E-state index is 0.0449. The van der Waals surface area contributed by atoms with Crippen LogP contribution in [0.1, 0.15) is 56.5 Å². The first-order valence-corrected chi connectivity index (χ1v) is 16.1. The van der Waals surface area contributed by atoms with Crippen molar-refractivity contribution < 1.29 is 33.0 Å². The topological polar surface area (TPSA) is 131 Å². The summed E-state index contributed by atoms with van der Waals surface area (Å²) in [4.78, 5) is 43.3. The molecule has 3 aromatic heterocycles. The van der Waals surface area contributed by atoms with Crippen molar-refractivity contribution in [2.45, 2.75) is 63.8 Å². The predicted molar refractivity (Wildman–Crippen MR) is 171 cm³/mol. The van der Waals surface area contributed by atoms with Crippen LogP contribution >= 0.6 is 0 Å². The number of carboxylic acids is 1. The second kappa shape index (κ2) is 12.4. The summed E-state index contributed by atoms with van der Waals surface area (Å²) in [6.07, 6.45) is 2.94. The molecule has 1 N–H and O–H groups in total. The quantitative estimate of drug-likeness (QED) is 0.293. The maximum atomic E-state index is 17.2. The van der Waals surface area contributed by atoms with E-state index in [9.17, 15) is 14.7 Å². The van der Waals surface area contributed by atoms with E-state index in [0.29, 0.717) is 59.8 Å². The van der Waals surface area contributed by atoms with E-state index in [-0.39, 0.29) is 56.4 Å².